The van der Waals surface area contributed by atoms with E-state index >= 15 is 0 Å². The summed E-state index contributed by atoms with van der Waals surface area (Å²) in [5.41, 5.74) is 2.14. The summed E-state index contributed by atoms with van der Waals surface area (Å²) >= 11 is 0. The largest absolute Gasteiger partial charge is 0.485 e. The van der Waals surface area contributed by atoms with E-state index in [2.05, 4.69) is 31.0 Å². The van der Waals surface area contributed by atoms with Crippen molar-refractivity contribution >= 4 is 18.4 Å². The number of hydrogen-bond donors (Lipinski definition) is 1. The van der Waals surface area contributed by atoms with Gasteiger partial charge in [-0.25, -0.2) is 4.79 Å². The van der Waals surface area contributed by atoms with E-state index in [9.17, 15) is 9.90 Å². The number of aliphatic hydroxyl groups excluding tert-OH is 1. The Morgan fingerprint density at radius 3 is 2.85 bits per heavy atom. The lowest BCUT2D eigenvalue weighted by Crippen LogP contribution is -2.42. The summed E-state index contributed by atoms with van der Waals surface area (Å²) in [7, 11) is 2.13. The summed E-state index contributed by atoms with van der Waals surface area (Å²) in [6, 6.07) is 3.99. The maximum Gasteiger partial charge on any atom is 0.344 e. The molecule has 3 atom stereocenters. The van der Waals surface area contributed by atoms with Crippen molar-refractivity contribution in [2.45, 2.75) is 82.5 Å². The first kappa shape index (κ1) is 25.9. The summed E-state index contributed by atoms with van der Waals surface area (Å²) in [5, 5.41) is 10.2. The Balaban J connectivity index is 0.00000306. The molecule has 1 aromatic carbocycles. The Morgan fingerprint density at radius 1 is 1.24 bits per heavy atom. The van der Waals surface area contributed by atoms with Crippen LogP contribution >= 0.6 is 12.4 Å². The Morgan fingerprint density at radius 2 is 2.03 bits per heavy atom. The minimum atomic E-state index is -0.495. The summed E-state index contributed by atoms with van der Waals surface area (Å²) in [6.07, 6.45) is 11.9. The number of esters is 1. The molecule has 0 fully saturated rings. The zero-order valence-corrected chi connectivity index (χ0v) is 20.7. The van der Waals surface area contributed by atoms with Gasteiger partial charge in [0, 0.05) is 18.5 Å². The number of aliphatic hydroxyl groups is 1. The molecule has 7 heteroatoms. The fraction of sp³-hybridized carbons (Fsp3) is 0.654. The number of benzene rings is 1. The molecule has 1 aliphatic carbocycles. The van der Waals surface area contributed by atoms with Crippen molar-refractivity contribution in [2.24, 2.45) is 0 Å². The minimum absolute atomic E-state index is 0. The van der Waals surface area contributed by atoms with Crippen LogP contribution in [0.25, 0.3) is 0 Å². The van der Waals surface area contributed by atoms with Gasteiger partial charge in [0.15, 0.2) is 18.1 Å². The van der Waals surface area contributed by atoms with Gasteiger partial charge in [0.2, 0.25) is 0 Å². The highest BCUT2D eigenvalue weighted by Crippen LogP contribution is 2.55. The maximum atomic E-state index is 12.2. The SMILES string of the molecule is CCCCCCCCOC(=O)COc1ccc2c3c1O[C@H]1C[C@@H](O)C=C[C@@]31CCN(C)C2.Cl. The lowest BCUT2D eigenvalue weighted by atomic mass is 9.69. The third-order valence-corrected chi connectivity index (χ3v) is 7.03. The minimum Gasteiger partial charge on any atom is -0.485 e. The monoisotopic (exact) mass is 479 g/mol. The van der Waals surface area contributed by atoms with Gasteiger partial charge in [0.1, 0.15) is 6.10 Å². The third kappa shape index (κ3) is 5.67. The van der Waals surface area contributed by atoms with Crippen molar-refractivity contribution in [2.75, 3.05) is 26.8 Å². The molecule has 0 bridgehead atoms. The van der Waals surface area contributed by atoms with Crippen LogP contribution in [0.15, 0.2) is 24.3 Å². The highest BCUT2D eigenvalue weighted by molar-refractivity contribution is 5.85. The standard InChI is InChI=1S/C26H37NO5.ClH/c1-3-4-5-6-7-8-15-30-23(29)18-31-21-10-9-19-17-27(2)14-13-26-12-11-20(28)16-22(26)32-25(21)24(19)26;/h9-12,20,22,28H,3-8,13-18H2,1-2H3;1H/t20-,22-,26-;/m0./s1. The van der Waals surface area contributed by atoms with Gasteiger partial charge >= 0.3 is 5.97 Å². The van der Waals surface area contributed by atoms with Crippen molar-refractivity contribution in [3.8, 4) is 11.5 Å². The molecular formula is C26H38ClNO5. The molecule has 33 heavy (non-hydrogen) atoms. The molecular weight excluding hydrogens is 442 g/mol. The van der Waals surface area contributed by atoms with Crippen LogP contribution in [-0.2, 0) is 21.5 Å². The van der Waals surface area contributed by atoms with Gasteiger partial charge in [0.05, 0.1) is 18.1 Å². The molecule has 0 saturated heterocycles. The molecule has 3 aliphatic rings. The summed E-state index contributed by atoms with van der Waals surface area (Å²) in [5.74, 6) is 0.965. The van der Waals surface area contributed by atoms with E-state index in [1.54, 1.807) is 0 Å². The number of unbranched alkanes of at least 4 members (excludes halogenated alkanes) is 5. The summed E-state index contributed by atoms with van der Waals surface area (Å²) < 4.78 is 17.6. The van der Waals surface area contributed by atoms with Crippen LogP contribution in [0.2, 0.25) is 0 Å². The van der Waals surface area contributed by atoms with E-state index in [1.807, 2.05) is 12.1 Å². The molecule has 0 aromatic heterocycles. The maximum absolute atomic E-state index is 12.2. The summed E-state index contributed by atoms with van der Waals surface area (Å²) in [6.45, 7) is 4.32. The van der Waals surface area contributed by atoms with E-state index in [0.717, 1.165) is 43.7 Å². The van der Waals surface area contributed by atoms with E-state index in [-0.39, 0.29) is 36.5 Å². The fourth-order valence-electron chi connectivity index (χ4n) is 5.28. The van der Waals surface area contributed by atoms with Gasteiger partial charge in [-0.05, 0) is 38.1 Å². The van der Waals surface area contributed by atoms with Gasteiger partial charge in [-0.1, -0.05) is 57.2 Å². The molecule has 0 amide bonds. The Bertz CT molecular complexity index is 844. The number of carbonyl (C=O) groups excluding carboxylic acids is 1. The molecule has 184 valence electrons. The van der Waals surface area contributed by atoms with Crippen LogP contribution in [0, 0.1) is 0 Å². The lowest BCUT2D eigenvalue weighted by Gasteiger charge is -2.35. The Labute approximate surface area is 203 Å². The van der Waals surface area contributed by atoms with Crippen LogP contribution in [0.1, 0.15) is 69.4 Å². The molecule has 2 heterocycles. The van der Waals surface area contributed by atoms with E-state index in [4.69, 9.17) is 14.2 Å². The van der Waals surface area contributed by atoms with Gasteiger partial charge in [-0.2, -0.15) is 0 Å². The molecule has 4 rings (SSSR count). The smallest absolute Gasteiger partial charge is 0.344 e. The van der Waals surface area contributed by atoms with Crippen LogP contribution in [0.5, 0.6) is 11.5 Å². The molecule has 0 saturated carbocycles. The van der Waals surface area contributed by atoms with E-state index < -0.39 is 6.10 Å². The van der Waals surface area contributed by atoms with Gasteiger partial charge in [-0.3, -0.25) is 0 Å². The first-order valence-corrected chi connectivity index (χ1v) is 12.2. The normalized spacial score (nSPS) is 25.3. The number of nitrogens with zero attached hydrogens (tertiary/aromatic N) is 1. The molecule has 0 unspecified atom stereocenters. The Hall–Kier alpha value is -1.76. The lowest BCUT2D eigenvalue weighted by molar-refractivity contribution is -0.146. The highest BCUT2D eigenvalue weighted by Gasteiger charge is 2.52. The number of ether oxygens (including phenoxy) is 3. The van der Waals surface area contributed by atoms with Crippen LogP contribution < -0.4 is 9.47 Å². The quantitative estimate of drug-likeness (QED) is 0.302. The summed E-state index contributed by atoms with van der Waals surface area (Å²) in [4.78, 5) is 14.5. The van der Waals surface area contributed by atoms with Crippen LogP contribution in [-0.4, -0.2) is 55.0 Å². The first-order chi connectivity index (χ1) is 15.5. The van der Waals surface area contributed by atoms with Gasteiger partial charge in [0.25, 0.3) is 0 Å². The van der Waals surface area contributed by atoms with Crippen molar-refractivity contribution in [1.29, 1.82) is 0 Å². The van der Waals surface area contributed by atoms with Gasteiger partial charge in [-0.15, -0.1) is 12.4 Å². The molecule has 1 aromatic rings. The highest BCUT2D eigenvalue weighted by atomic mass is 35.5. The predicted molar refractivity (Wildman–Crippen MR) is 130 cm³/mol. The number of carbonyl (C=O) groups is 1. The topological polar surface area (TPSA) is 68.2 Å². The second kappa shape index (κ2) is 11.6. The molecule has 1 N–H and O–H groups in total. The number of hydrogen-bond acceptors (Lipinski definition) is 6. The second-order valence-electron chi connectivity index (χ2n) is 9.50. The van der Waals surface area contributed by atoms with Crippen molar-refractivity contribution in [3.63, 3.8) is 0 Å². The average molecular weight is 480 g/mol. The number of rotatable bonds is 10. The predicted octanol–water partition coefficient (Wildman–Crippen LogP) is 4.55. The zero-order valence-electron chi connectivity index (χ0n) is 19.9. The molecule has 0 radical (unpaired) electrons. The van der Waals surface area contributed by atoms with Crippen LogP contribution in [0.3, 0.4) is 0 Å². The Kier molecular flexibility index (Phi) is 9.08. The first-order valence-electron chi connectivity index (χ1n) is 12.2. The van der Waals surface area contributed by atoms with Crippen molar-refractivity contribution in [3.05, 3.63) is 35.4 Å². The second-order valence-corrected chi connectivity index (χ2v) is 9.50. The van der Waals surface area contributed by atoms with Crippen molar-refractivity contribution < 1.29 is 24.1 Å². The average Bonchev–Trinajstić information content (AvgIpc) is 3.03. The fourth-order valence-corrected chi connectivity index (χ4v) is 5.28. The van der Waals surface area contributed by atoms with Crippen molar-refractivity contribution in [1.82, 2.24) is 4.90 Å². The zero-order chi connectivity index (χ0) is 22.6. The van der Waals surface area contributed by atoms with E-state index in [0.29, 0.717) is 18.8 Å². The molecule has 1 spiro atoms. The number of halogens is 1. The van der Waals surface area contributed by atoms with Crippen LogP contribution in [0.4, 0.5) is 0 Å². The third-order valence-electron chi connectivity index (χ3n) is 7.03. The van der Waals surface area contributed by atoms with Gasteiger partial charge < -0.3 is 24.2 Å². The molecule has 6 nitrogen and oxygen atoms in total. The van der Waals surface area contributed by atoms with E-state index in [1.165, 1.54) is 31.2 Å². The molecule has 2 aliphatic heterocycles.